The van der Waals surface area contributed by atoms with Gasteiger partial charge in [0.2, 0.25) is 0 Å². The standard InChI is InChI=1S/C18H33NO/c1-17(2,3)19-13-18(9-8-16-5-4-10-20-16)12-14-6-7-15(18)11-14/h14-16,19H,4-13H2,1-3H3. The van der Waals surface area contributed by atoms with E-state index < -0.39 is 0 Å². The molecule has 0 aromatic carbocycles. The van der Waals surface area contributed by atoms with Crippen molar-refractivity contribution in [3.63, 3.8) is 0 Å². The zero-order chi connectivity index (χ0) is 14.2. The molecule has 20 heavy (non-hydrogen) atoms. The Morgan fingerprint density at radius 1 is 1.20 bits per heavy atom. The fraction of sp³-hybridized carbons (Fsp3) is 1.00. The molecule has 0 radical (unpaired) electrons. The van der Waals surface area contributed by atoms with Gasteiger partial charge in [-0.25, -0.2) is 0 Å². The molecule has 2 bridgehead atoms. The highest BCUT2D eigenvalue weighted by Crippen LogP contribution is 2.58. The Labute approximate surface area is 125 Å². The average molecular weight is 279 g/mol. The molecular formula is C18H33NO. The minimum Gasteiger partial charge on any atom is -0.378 e. The summed E-state index contributed by atoms with van der Waals surface area (Å²) >= 11 is 0. The van der Waals surface area contributed by atoms with Crippen LogP contribution < -0.4 is 5.32 Å². The molecule has 1 N–H and O–H groups in total. The van der Waals surface area contributed by atoms with Crippen molar-refractivity contribution in [2.75, 3.05) is 13.2 Å². The van der Waals surface area contributed by atoms with E-state index in [2.05, 4.69) is 26.1 Å². The lowest BCUT2D eigenvalue weighted by Crippen LogP contribution is -2.46. The van der Waals surface area contributed by atoms with Crippen LogP contribution in [0.15, 0.2) is 0 Å². The summed E-state index contributed by atoms with van der Waals surface area (Å²) in [6, 6.07) is 0. The molecule has 3 aliphatic rings. The van der Waals surface area contributed by atoms with Crippen molar-refractivity contribution in [1.82, 2.24) is 5.32 Å². The summed E-state index contributed by atoms with van der Waals surface area (Å²) in [6.07, 6.45) is 11.8. The quantitative estimate of drug-likeness (QED) is 0.816. The van der Waals surface area contributed by atoms with E-state index in [1.54, 1.807) is 0 Å². The fourth-order valence-electron chi connectivity index (χ4n) is 4.93. The maximum atomic E-state index is 5.86. The molecular weight excluding hydrogens is 246 g/mol. The number of fused-ring (bicyclic) bond motifs is 2. The van der Waals surface area contributed by atoms with Crippen LogP contribution in [-0.2, 0) is 4.74 Å². The fourth-order valence-corrected chi connectivity index (χ4v) is 4.93. The molecule has 0 amide bonds. The minimum atomic E-state index is 0.249. The van der Waals surface area contributed by atoms with Crippen molar-refractivity contribution >= 4 is 0 Å². The van der Waals surface area contributed by atoms with Gasteiger partial charge in [0.05, 0.1) is 6.10 Å². The zero-order valence-electron chi connectivity index (χ0n) is 13.7. The average Bonchev–Trinajstić information content (AvgIpc) is 3.10. The third kappa shape index (κ3) is 3.22. The van der Waals surface area contributed by atoms with E-state index in [1.165, 1.54) is 57.9 Å². The molecule has 1 saturated heterocycles. The lowest BCUT2D eigenvalue weighted by Gasteiger charge is -2.41. The second kappa shape index (κ2) is 5.61. The molecule has 4 atom stereocenters. The number of hydrogen-bond donors (Lipinski definition) is 1. The second-order valence-corrected chi connectivity index (χ2v) is 8.72. The summed E-state index contributed by atoms with van der Waals surface area (Å²) in [7, 11) is 0. The first-order valence-electron chi connectivity index (χ1n) is 8.84. The van der Waals surface area contributed by atoms with Crippen LogP contribution >= 0.6 is 0 Å². The van der Waals surface area contributed by atoms with Gasteiger partial charge in [0, 0.05) is 18.7 Å². The second-order valence-electron chi connectivity index (χ2n) is 8.72. The molecule has 1 aliphatic heterocycles. The Morgan fingerprint density at radius 3 is 2.60 bits per heavy atom. The molecule has 3 rings (SSSR count). The van der Waals surface area contributed by atoms with Gasteiger partial charge in [-0.15, -0.1) is 0 Å². The summed E-state index contributed by atoms with van der Waals surface area (Å²) in [6.45, 7) is 9.13. The molecule has 0 aromatic heterocycles. The largest absolute Gasteiger partial charge is 0.378 e. The Balaban J connectivity index is 1.61. The van der Waals surface area contributed by atoms with Crippen molar-refractivity contribution in [3.8, 4) is 0 Å². The third-order valence-corrected chi connectivity index (χ3v) is 6.06. The van der Waals surface area contributed by atoms with Crippen molar-refractivity contribution in [2.24, 2.45) is 17.3 Å². The SMILES string of the molecule is CC(C)(C)NCC1(CCC2CCCO2)CC2CCC1C2. The first-order valence-corrected chi connectivity index (χ1v) is 8.84. The predicted molar refractivity (Wildman–Crippen MR) is 83.8 cm³/mol. The first kappa shape index (κ1) is 14.8. The van der Waals surface area contributed by atoms with Crippen LogP contribution in [0, 0.1) is 17.3 Å². The molecule has 0 spiro atoms. The summed E-state index contributed by atoms with van der Waals surface area (Å²) < 4.78 is 5.86. The van der Waals surface area contributed by atoms with Crippen molar-refractivity contribution in [1.29, 1.82) is 0 Å². The van der Waals surface area contributed by atoms with Crippen LogP contribution in [0.25, 0.3) is 0 Å². The lowest BCUT2D eigenvalue weighted by molar-refractivity contribution is 0.0664. The van der Waals surface area contributed by atoms with E-state index in [9.17, 15) is 0 Å². The molecule has 2 aliphatic carbocycles. The Morgan fingerprint density at radius 2 is 2.05 bits per heavy atom. The van der Waals surface area contributed by atoms with Gasteiger partial charge in [0.15, 0.2) is 0 Å². The number of nitrogens with one attached hydrogen (secondary N) is 1. The monoisotopic (exact) mass is 279 g/mol. The van der Waals surface area contributed by atoms with E-state index in [0.717, 1.165) is 18.4 Å². The highest BCUT2D eigenvalue weighted by Gasteiger charge is 2.50. The van der Waals surface area contributed by atoms with Crippen molar-refractivity contribution in [2.45, 2.75) is 83.8 Å². The molecule has 0 aromatic rings. The lowest BCUT2D eigenvalue weighted by atomic mass is 9.69. The smallest absolute Gasteiger partial charge is 0.0576 e. The third-order valence-electron chi connectivity index (χ3n) is 6.06. The number of ether oxygens (including phenoxy) is 1. The highest BCUT2D eigenvalue weighted by molar-refractivity contribution is 5.02. The summed E-state index contributed by atoms with van der Waals surface area (Å²) in [5.74, 6) is 2.02. The van der Waals surface area contributed by atoms with E-state index in [-0.39, 0.29) is 5.54 Å². The van der Waals surface area contributed by atoms with Gasteiger partial charge in [0.1, 0.15) is 0 Å². The predicted octanol–water partition coefficient (Wildman–Crippen LogP) is 4.14. The number of rotatable bonds is 5. The van der Waals surface area contributed by atoms with Gasteiger partial charge in [-0.3, -0.25) is 0 Å². The van der Waals surface area contributed by atoms with E-state index in [4.69, 9.17) is 4.74 Å². The maximum absolute atomic E-state index is 5.86. The van der Waals surface area contributed by atoms with Crippen LogP contribution in [0.1, 0.15) is 72.1 Å². The summed E-state index contributed by atoms with van der Waals surface area (Å²) in [5, 5.41) is 3.82. The Kier molecular flexibility index (Phi) is 4.16. The molecule has 2 saturated carbocycles. The maximum Gasteiger partial charge on any atom is 0.0576 e. The van der Waals surface area contributed by atoms with Crippen molar-refractivity contribution < 1.29 is 4.74 Å². The van der Waals surface area contributed by atoms with Gasteiger partial charge >= 0.3 is 0 Å². The van der Waals surface area contributed by atoms with Crippen LogP contribution in [0.3, 0.4) is 0 Å². The molecule has 2 heteroatoms. The molecule has 3 fully saturated rings. The van der Waals surface area contributed by atoms with Crippen LogP contribution in [0.5, 0.6) is 0 Å². The van der Waals surface area contributed by atoms with E-state index in [0.29, 0.717) is 11.5 Å². The molecule has 4 unspecified atom stereocenters. The van der Waals surface area contributed by atoms with Gasteiger partial charge < -0.3 is 10.1 Å². The Bertz CT molecular complexity index is 329. The summed E-state index contributed by atoms with van der Waals surface area (Å²) in [4.78, 5) is 0. The Hall–Kier alpha value is -0.0800. The van der Waals surface area contributed by atoms with Gasteiger partial charge in [-0.1, -0.05) is 6.42 Å². The topological polar surface area (TPSA) is 21.3 Å². The van der Waals surface area contributed by atoms with Crippen LogP contribution in [0.2, 0.25) is 0 Å². The minimum absolute atomic E-state index is 0.249. The molecule has 2 nitrogen and oxygen atoms in total. The van der Waals surface area contributed by atoms with E-state index >= 15 is 0 Å². The highest BCUT2D eigenvalue weighted by atomic mass is 16.5. The normalized spacial score (nSPS) is 40.6. The van der Waals surface area contributed by atoms with Crippen molar-refractivity contribution in [3.05, 3.63) is 0 Å². The zero-order valence-corrected chi connectivity index (χ0v) is 13.7. The van der Waals surface area contributed by atoms with Gasteiger partial charge in [0.25, 0.3) is 0 Å². The van der Waals surface area contributed by atoms with Gasteiger partial charge in [-0.05, 0) is 83.0 Å². The molecule has 1 heterocycles. The molecule has 116 valence electrons. The summed E-state index contributed by atoms with van der Waals surface area (Å²) in [5.41, 5.74) is 0.834. The van der Waals surface area contributed by atoms with Gasteiger partial charge in [-0.2, -0.15) is 0 Å². The van der Waals surface area contributed by atoms with Crippen LogP contribution in [0.4, 0.5) is 0 Å². The number of hydrogen-bond acceptors (Lipinski definition) is 2. The van der Waals surface area contributed by atoms with E-state index in [1.807, 2.05) is 0 Å². The first-order chi connectivity index (χ1) is 9.47. The van der Waals surface area contributed by atoms with Crippen LogP contribution in [-0.4, -0.2) is 24.8 Å².